The van der Waals surface area contributed by atoms with Gasteiger partial charge < -0.3 is 5.32 Å². The first-order valence-electron chi connectivity index (χ1n) is 6.44. The molecule has 1 heterocycles. The van der Waals surface area contributed by atoms with E-state index in [2.05, 4.69) is 10.0 Å². The Morgan fingerprint density at radius 2 is 2.05 bits per heavy atom. The second-order valence-electron chi connectivity index (χ2n) is 4.91. The van der Waals surface area contributed by atoms with Crippen molar-refractivity contribution >= 4 is 22.4 Å². The zero-order chi connectivity index (χ0) is 13.9. The van der Waals surface area contributed by atoms with E-state index in [-0.39, 0.29) is 12.4 Å². The van der Waals surface area contributed by atoms with Gasteiger partial charge >= 0.3 is 0 Å². The van der Waals surface area contributed by atoms with E-state index < -0.39 is 10.0 Å². The van der Waals surface area contributed by atoms with E-state index in [0.29, 0.717) is 11.4 Å². The maximum atomic E-state index is 12.3. The summed E-state index contributed by atoms with van der Waals surface area (Å²) in [5.74, 6) is 0. The standard InChI is InChI=1S/C14H20N2O2S.ClH/c1-11-3-4-14(12(2)9-11)19(17,18)16-10-13-5-7-15-8-6-13;/h3-5,9,15-16H,6-8,10H2,1-2H3;1H. The number of hydrogen-bond acceptors (Lipinski definition) is 3. The number of rotatable bonds is 4. The maximum Gasteiger partial charge on any atom is 0.241 e. The first-order valence-corrected chi connectivity index (χ1v) is 7.93. The molecule has 1 aliphatic rings. The molecule has 0 fully saturated rings. The summed E-state index contributed by atoms with van der Waals surface area (Å²) < 4.78 is 27.2. The molecule has 1 aromatic rings. The predicted octanol–water partition coefficient (Wildman–Crippen LogP) is 1.92. The van der Waals surface area contributed by atoms with Crippen LogP contribution in [0.4, 0.5) is 0 Å². The van der Waals surface area contributed by atoms with Crippen molar-refractivity contribution in [3.05, 3.63) is 41.0 Å². The third kappa shape index (κ3) is 4.31. The summed E-state index contributed by atoms with van der Waals surface area (Å²) in [5, 5.41) is 3.21. The van der Waals surface area contributed by atoms with E-state index in [9.17, 15) is 8.42 Å². The van der Waals surface area contributed by atoms with Gasteiger partial charge in [0.25, 0.3) is 0 Å². The number of nitrogens with one attached hydrogen (secondary N) is 2. The molecule has 20 heavy (non-hydrogen) atoms. The van der Waals surface area contributed by atoms with E-state index in [1.807, 2.05) is 32.1 Å². The molecule has 2 N–H and O–H groups in total. The van der Waals surface area contributed by atoms with Crippen molar-refractivity contribution < 1.29 is 8.42 Å². The Labute approximate surface area is 127 Å². The van der Waals surface area contributed by atoms with E-state index in [4.69, 9.17) is 0 Å². The van der Waals surface area contributed by atoms with Gasteiger partial charge in [-0.2, -0.15) is 0 Å². The summed E-state index contributed by atoms with van der Waals surface area (Å²) >= 11 is 0. The minimum Gasteiger partial charge on any atom is -0.313 e. The van der Waals surface area contributed by atoms with E-state index in [1.165, 1.54) is 0 Å². The molecule has 0 bridgehead atoms. The predicted molar refractivity (Wildman–Crippen MR) is 83.9 cm³/mol. The highest BCUT2D eigenvalue weighted by atomic mass is 35.5. The fourth-order valence-corrected chi connectivity index (χ4v) is 3.46. The minimum atomic E-state index is -3.42. The van der Waals surface area contributed by atoms with Gasteiger partial charge in [0, 0.05) is 13.1 Å². The molecule has 0 saturated heterocycles. The van der Waals surface area contributed by atoms with Crippen LogP contribution < -0.4 is 10.0 Å². The van der Waals surface area contributed by atoms with Crippen molar-refractivity contribution in [2.75, 3.05) is 19.6 Å². The van der Waals surface area contributed by atoms with Crippen LogP contribution in [0.15, 0.2) is 34.7 Å². The lowest BCUT2D eigenvalue weighted by Gasteiger charge is -2.15. The molecule has 2 rings (SSSR count). The lowest BCUT2D eigenvalue weighted by Crippen LogP contribution is -2.30. The van der Waals surface area contributed by atoms with Crippen molar-refractivity contribution in [3.63, 3.8) is 0 Å². The highest BCUT2D eigenvalue weighted by Gasteiger charge is 2.17. The van der Waals surface area contributed by atoms with Gasteiger partial charge in [0.2, 0.25) is 10.0 Å². The molecule has 0 atom stereocenters. The van der Waals surface area contributed by atoms with E-state index >= 15 is 0 Å². The number of aryl methyl sites for hydroxylation is 2. The summed E-state index contributed by atoms with van der Waals surface area (Å²) in [6.07, 6.45) is 2.95. The van der Waals surface area contributed by atoms with E-state index in [1.54, 1.807) is 6.07 Å². The normalized spacial score (nSPS) is 15.4. The molecule has 0 amide bonds. The highest BCUT2D eigenvalue weighted by molar-refractivity contribution is 7.89. The molecule has 0 aliphatic carbocycles. The van der Waals surface area contributed by atoms with Crippen LogP contribution in [-0.4, -0.2) is 28.1 Å². The largest absolute Gasteiger partial charge is 0.313 e. The lowest BCUT2D eigenvalue weighted by atomic mass is 10.1. The Kier molecular flexibility index (Phi) is 6.20. The van der Waals surface area contributed by atoms with Crippen molar-refractivity contribution in [2.45, 2.75) is 25.2 Å². The van der Waals surface area contributed by atoms with Crippen LogP contribution in [0.2, 0.25) is 0 Å². The average molecular weight is 317 g/mol. The lowest BCUT2D eigenvalue weighted by molar-refractivity contribution is 0.581. The fraction of sp³-hybridized carbons (Fsp3) is 0.429. The van der Waals surface area contributed by atoms with Crippen molar-refractivity contribution in [1.29, 1.82) is 0 Å². The monoisotopic (exact) mass is 316 g/mol. The molecule has 0 radical (unpaired) electrons. The molecular weight excluding hydrogens is 296 g/mol. The van der Waals surface area contributed by atoms with E-state index in [0.717, 1.165) is 36.2 Å². The quantitative estimate of drug-likeness (QED) is 0.834. The van der Waals surface area contributed by atoms with Crippen molar-refractivity contribution in [2.24, 2.45) is 0 Å². The molecule has 0 saturated carbocycles. The van der Waals surface area contributed by atoms with Gasteiger partial charge in [0.1, 0.15) is 0 Å². The highest BCUT2D eigenvalue weighted by Crippen LogP contribution is 2.16. The van der Waals surface area contributed by atoms with Gasteiger partial charge in [-0.15, -0.1) is 12.4 Å². The number of halogens is 1. The first kappa shape index (κ1) is 17.2. The van der Waals surface area contributed by atoms with Gasteiger partial charge in [0.15, 0.2) is 0 Å². The van der Waals surface area contributed by atoms with Crippen molar-refractivity contribution in [1.82, 2.24) is 10.0 Å². The number of hydrogen-bond donors (Lipinski definition) is 2. The Balaban J connectivity index is 0.00000200. The summed E-state index contributed by atoms with van der Waals surface area (Å²) in [4.78, 5) is 0.368. The van der Waals surface area contributed by atoms with Gasteiger partial charge in [-0.1, -0.05) is 29.3 Å². The topological polar surface area (TPSA) is 58.2 Å². The summed E-state index contributed by atoms with van der Waals surface area (Å²) in [6, 6.07) is 5.38. The fourth-order valence-electron chi connectivity index (χ4n) is 2.20. The SMILES string of the molecule is Cc1ccc(S(=O)(=O)NCC2=CCNCC2)c(C)c1.Cl. The Morgan fingerprint density at radius 3 is 2.65 bits per heavy atom. The molecule has 0 unspecified atom stereocenters. The third-order valence-corrected chi connectivity index (χ3v) is 4.83. The van der Waals surface area contributed by atoms with Crippen LogP contribution in [0.5, 0.6) is 0 Å². The van der Waals surface area contributed by atoms with Gasteiger partial charge in [-0.05, 0) is 38.4 Å². The smallest absolute Gasteiger partial charge is 0.241 e. The Morgan fingerprint density at radius 1 is 1.30 bits per heavy atom. The molecular formula is C14H21ClN2O2S. The van der Waals surface area contributed by atoms with Crippen LogP contribution in [0.1, 0.15) is 17.5 Å². The van der Waals surface area contributed by atoms with Crippen molar-refractivity contribution in [3.8, 4) is 0 Å². The second-order valence-corrected chi connectivity index (χ2v) is 6.65. The molecule has 1 aliphatic heterocycles. The molecule has 112 valence electrons. The van der Waals surface area contributed by atoms with Crippen LogP contribution in [0, 0.1) is 13.8 Å². The zero-order valence-corrected chi connectivity index (χ0v) is 13.4. The second kappa shape index (κ2) is 7.22. The molecule has 4 nitrogen and oxygen atoms in total. The number of benzene rings is 1. The third-order valence-electron chi connectivity index (χ3n) is 3.27. The Hall–Kier alpha value is -0.880. The molecule has 1 aromatic carbocycles. The van der Waals surface area contributed by atoms with Gasteiger partial charge in [0.05, 0.1) is 4.90 Å². The molecule has 6 heteroatoms. The van der Waals surface area contributed by atoms with Crippen LogP contribution in [0.3, 0.4) is 0 Å². The Bertz CT molecular complexity index is 597. The molecule has 0 aromatic heterocycles. The zero-order valence-electron chi connectivity index (χ0n) is 11.8. The summed E-state index contributed by atoms with van der Waals surface area (Å²) in [5.41, 5.74) is 3.00. The summed E-state index contributed by atoms with van der Waals surface area (Å²) in [6.45, 7) is 5.91. The molecule has 0 spiro atoms. The van der Waals surface area contributed by atoms with Crippen LogP contribution >= 0.6 is 12.4 Å². The minimum absolute atomic E-state index is 0. The first-order chi connectivity index (χ1) is 8.99. The summed E-state index contributed by atoms with van der Waals surface area (Å²) in [7, 11) is -3.42. The maximum absolute atomic E-state index is 12.3. The van der Waals surface area contributed by atoms with Crippen LogP contribution in [0.25, 0.3) is 0 Å². The van der Waals surface area contributed by atoms with Gasteiger partial charge in [-0.25, -0.2) is 13.1 Å². The average Bonchev–Trinajstić information content (AvgIpc) is 2.37. The van der Waals surface area contributed by atoms with Crippen LogP contribution in [-0.2, 0) is 10.0 Å². The van der Waals surface area contributed by atoms with Gasteiger partial charge in [-0.3, -0.25) is 0 Å². The number of sulfonamides is 1.